The lowest BCUT2D eigenvalue weighted by Crippen LogP contribution is -2.33. The first kappa shape index (κ1) is 13.4. The summed E-state index contributed by atoms with van der Waals surface area (Å²) in [5.74, 6) is 0.494. The maximum Gasteiger partial charge on any atom is 0.229 e. The third-order valence-corrected chi connectivity index (χ3v) is 3.89. The Kier molecular flexibility index (Phi) is 4.25. The minimum atomic E-state index is -0.139. The maximum atomic E-state index is 12.4. The molecule has 1 fully saturated rings. The number of rotatable bonds is 3. The topological polar surface area (TPSA) is 46.3 Å². The van der Waals surface area contributed by atoms with E-state index in [0.717, 1.165) is 25.1 Å². The van der Waals surface area contributed by atoms with Crippen molar-refractivity contribution in [2.24, 2.45) is 11.7 Å². The Labute approximate surface area is 113 Å². The van der Waals surface area contributed by atoms with Crippen LogP contribution >= 0.6 is 11.6 Å². The van der Waals surface area contributed by atoms with Gasteiger partial charge in [0.15, 0.2) is 0 Å². The summed E-state index contributed by atoms with van der Waals surface area (Å²) in [6.07, 6.45) is 1.02. The van der Waals surface area contributed by atoms with Gasteiger partial charge >= 0.3 is 0 Å². The molecule has 1 aromatic rings. The quantitative estimate of drug-likeness (QED) is 0.912. The molecule has 1 amide bonds. The van der Waals surface area contributed by atoms with Gasteiger partial charge in [-0.05, 0) is 43.5 Å². The zero-order valence-corrected chi connectivity index (χ0v) is 11.4. The van der Waals surface area contributed by atoms with Crippen molar-refractivity contribution in [3.8, 4) is 0 Å². The molecule has 98 valence electrons. The largest absolute Gasteiger partial charge is 0.342 e. The molecule has 2 rings (SSSR count). The lowest BCUT2D eigenvalue weighted by molar-refractivity contribution is -0.131. The highest BCUT2D eigenvalue weighted by Crippen LogP contribution is 2.24. The summed E-state index contributed by atoms with van der Waals surface area (Å²) in [7, 11) is 0. The molecule has 0 spiro atoms. The van der Waals surface area contributed by atoms with Crippen molar-refractivity contribution in [3.05, 3.63) is 34.9 Å². The van der Waals surface area contributed by atoms with E-state index < -0.39 is 0 Å². The molecule has 4 heteroatoms. The Morgan fingerprint density at radius 1 is 1.61 bits per heavy atom. The van der Waals surface area contributed by atoms with E-state index in [1.165, 1.54) is 0 Å². The first-order valence-corrected chi connectivity index (χ1v) is 6.74. The van der Waals surface area contributed by atoms with E-state index in [-0.39, 0.29) is 11.8 Å². The van der Waals surface area contributed by atoms with E-state index >= 15 is 0 Å². The molecule has 2 unspecified atom stereocenters. The predicted molar refractivity (Wildman–Crippen MR) is 73.6 cm³/mol. The fourth-order valence-corrected chi connectivity index (χ4v) is 2.62. The molecular formula is C14H19ClN2O. The number of carbonyl (C=O) groups is 1. The average Bonchev–Trinajstić information content (AvgIpc) is 2.85. The molecule has 0 radical (unpaired) electrons. The Hall–Kier alpha value is -1.06. The van der Waals surface area contributed by atoms with Gasteiger partial charge in [-0.2, -0.15) is 0 Å². The van der Waals surface area contributed by atoms with Gasteiger partial charge in [0.05, 0.1) is 5.92 Å². The van der Waals surface area contributed by atoms with E-state index in [1.807, 2.05) is 36.1 Å². The van der Waals surface area contributed by atoms with Crippen molar-refractivity contribution in [2.75, 3.05) is 19.6 Å². The zero-order valence-electron chi connectivity index (χ0n) is 10.6. The molecule has 2 atom stereocenters. The number of nitrogens with zero attached hydrogens (tertiary/aromatic N) is 1. The summed E-state index contributed by atoms with van der Waals surface area (Å²) in [4.78, 5) is 14.3. The summed E-state index contributed by atoms with van der Waals surface area (Å²) in [6.45, 7) is 4.21. The van der Waals surface area contributed by atoms with Crippen LogP contribution in [0.1, 0.15) is 24.8 Å². The molecule has 0 bridgehead atoms. The molecule has 3 nitrogen and oxygen atoms in total. The van der Waals surface area contributed by atoms with Gasteiger partial charge < -0.3 is 10.6 Å². The van der Waals surface area contributed by atoms with Crippen LogP contribution in [0.25, 0.3) is 0 Å². The Balaban J connectivity index is 2.05. The Morgan fingerprint density at radius 2 is 2.39 bits per heavy atom. The highest BCUT2D eigenvalue weighted by Gasteiger charge is 2.28. The minimum absolute atomic E-state index is 0.139. The van der Waals surface area contributed by atoms with E-state index in [9.17, 15) is 4.79 Å². The number of hydrogen-bond acceptors (Lipinski definition) is 2. The first-order chi connectivity index (χ1) is 8.61. The third kappa shape index (κ3) is 2.85. The van der Waals surface area contributed by atoms with Gasteiger partial charge in [0.1, 0.15) is 0 Å². The lowest BCUT2D eigenvalue weighted by Gasteiger charge is -2.21. The van der Waals surface area contributed by atoms with Crippen molar-refractivity contribution >= 4 is 17.5 Å². The molecule has 18 heavy (non-hydrogen) atoms. The van der Waals surface area contributed by atoms with Crippen LogP contribution in [-0.4, -0.2) is 30.4 Å². The van der Waals surface area contributed by atoms with Gasteiger partial charge in [-0.3, -0.25) is 4.79 Å². The standard InChI is InChI=1S/C14H19ClN2O/c1-10(12-3-2-4-13(15)7-12)14(18)17-6-5-11(8-16)9-17/h2-4,7,10-11H,5-6,8-9,16H2,1H3. The second kappa shape index (κ2) is 5.72. The zero-order chi connectivity index (χ0) is 13.1. The van der Waals surface area contributed by atoms with Crippen molar-refractivity contribution in [2.45, 2.75) is 19.3 Å². The maximum absolute atomic E-state index is 12.4. The molecule has 0 aromatic heterocycles. The molecule has 1 saturated heterocycles. The van der Waals surface area contributed by atoms with Crippen molar-refractivity contribution in [1.82, 2.24) is 4.90 Å². The van der Waals surface area contributed by atoms with Gasteiger partial charge in [0, 0.05) is 18.1 Å². The fraction of sp³-hybridized carbons (Fsp3) is 0.500. The van der Waals surface area contributed by atoms with Crippen LogP contribution < -0.4 is 5.73 Å². The van der Waals surface area contributed by atoms with Crippen LogP contribution in [0.5, 0.6) is 0 Å². The molecular weight excluding hydrogens is 248 g/mol. The summed E-state index contributed by atoms with van der Waals surface area (Å²) in [6, 6.07) is 7.52. The summed E-state index contributed by atoms with van der Waals surface area (Å²) in [5.41, 5.74) is 6.62. The van der Waals surface area contributed by atoms with Crippen molar-refractivity contribution in [3.63, 3.8) is 0 Å². The second-order valence-corrected chi connectivity index (χ2v) is 5.39. The van der Waals surface area contributed by atoms with E-state index in [2.05, 4.69) is 0 Å². The molecule has 0 saturated carbocycles. The van der Waals surface area contributed by atoms with Gasteiger partial charge in [-0.1, -0.05) is 23.7 Å². The van der Waals surface area contributed by atoms with Crippen LogP contribution in [-0.2, 0) is 4.79 Å². The second-order valence-electron chi connectivity index (χ2n) is 4.95. The fourth-order valence-electron chi connectivity index (χ4n) is 2.42. The third-order valence-electron chi connectivity index (χ3n) is 3.65. The van der Waals surface area contributed by atoms with Crippen LogP contribution in [0.4, 0.5) is 0 Å². The first-order valence-electron chi connectivity index (χ1n) is 6.36. The smallest absolute Gasteiger partial charge is 0.229 e. The number of halogens is 1. The van der Waals surface area contributed by atoms with Gasteiger partial charge in [0.2, 0.25) is 5.91 Å². The van der Waals surface area contributed by atoms with E-state index in [0.29, 0.717) is 17.5 Å². The Morgan fingerprint density at radius 3 is 3.00 bits per heavy atom. The van der Waals surface area contributed by atoms with Gasteiger partial charge in [0.25, 0.3) is 0 Å². The molecule has 2 N–H and O–H groups in total. The van der Waals surface area contributed by atoms with E-state index in [4.69, 9.17) is 17.3 Å². The van der Waals surface area contributed by atoms with Gasteiger partial charge in [-0.15, -0.1) is 0 Å². The predicted octanol–water partition coefficient (Wildman–Crippen LogP) is 2.25. The minimum Gasteiger partial charge on any atom is -0.342 e. The highest BCUT2D eigenvalue weighted by atomic mass is 35.5. The van der Waals surface area contributed by atoms with E-state index in [1.54, 1.807) is 0 Å². The van der Waals surface area contributed by atoms with Crippen LogP contribution in [0.15, 0.2) is 24.3 Å². The normalized spacial score (nSPS) is 21.1. The number of amides is 1. The Bertz CT molecular complexity index is 436. The average molecular weight is 267 g/mol. The molecule has 1 aliphatic heterocycles. The number of hydrogen-bond donors (Lipinski definition) is 1. The summed E-state index contributed by atoms with van der Waals surface area (Å²) < 4.78 is 0. The molecule has 1 aliphatic rings. The van der Waals surface area contributed by atoms with Gasteiger partial charge in [-0.25, -0.2) is 0 Å². The number of likely N-dealkylation sites (tertiary alicyclic amines) is 1. The SMILES string of the molecule is CC(C(=O)N1CCC(CN)C1)c1cccc(Cl)c1. The van der Waals surface area contributed by atoms with Crippen molar-refractivity contribution in [1.29, 1.82) is 0 Å². The monoisotopic (exact) mass is 266 g/mol. The summed E-state index contributed by atoms with van der Waals surface area (Å²) >= 11 is 5.96. The number of benzene rings is 1. The van der Waals surface area contributed by atoms with Crippen LogP contribution in [0, 0.1) is 5.92 Å². The molecule has 0 aliphatic carbocycles. The molecule has 1 aromatic carbocycles. The van der Waals surface area contributed by atoms with Crippen LogP contribution in [0.2, 0.25) is 5.02 Å². The van der Waals surface area contributed by atoms with Crippen LogP contribution in [0.3, 0.4) is 0 Å². The highest BCUT2D eigenvalue weighted by molar-refractivity contribution is 6.30. The number of carbonyl (C=O) groups excluding carboxylic acids is 1. The number of nitrogens with two attached hydrogens (primary N) is 1. The van der Waals surface area contributed by atoms with Crippen molar-refractivity contribution < 1.29 is 4.79 Å². The lowest BCUT2D eigenvalue weighted by atomic mass is 10.00. The molecule has 1 heterocycles. The summed E-state index contributed by atoms with van der Waals surface area (Å²) in [5, 5.41) is 0.674.